The number of halogens is 1. The first kappa shape index (κ1) is 12.2. The van der Waals surface area contributed by atoms with E-state index in [0.717, 1.165) is 24.6 Å². The van der Waals surface area contributed by atoms with Gasteiger partial charge in [0.1, 0.15) is 5.39 Å². The third-order valence-corrected chi connectivity index (χ3v) is 3.18. The van der Waals surface area contributed by atoms with Gasteiger partial charge in [-0.3, -0.25) is 4.79 Å². The molecule has 0 aliphatic heterocycles. The largest absolute Gasteiger partial charge is 0.280 e. The van der Waals surface area contributed by atoms with Crippen molar-refractivity contribution in [2.45, 2.75) is 25.8 Å². The Labute approximate surface area is 107 Å². The van der Waals surface area contributed by atoms with Gasteiger partial charge in [-0.25, -0.2) is 9.36 Å². The maximum Gasteiger partial charge on any atom is 0.280 e. The van der Waals surface area contributed by atoms with E-state index in [-0.39, 0.29) is 5.56 Å². The highest BCUT2D eigenvalue weighted by atomic mass is 79.9. The summed E-state index contributed by atoms with van der Waals surface area (Å²) in [5.41, 5.74) is 0.425. The molecule has 0 saturated carbocycles. The number of hydrogen-bond acceptors (Lipinski definition) is 4. The lowest BCUT2D eigenvalue weighted by atomic mass is 10.2. The Morgan fingerprint density at radius 1 is 1.35 bits per heavy atom. The van der Waals surface area contributed by atoms with Gasteiger partial charge >= 0.3 is 0 Å². The molecule has 0 aromatic carbocycles. The second-order valence-electron chi connectivity index (χ2n) is 3.87. The van der Waals surface area contributed by atoms with Crippen LogP contribution >= 0.6 is 15.9 Å². The van der Waals surface area contributed by atoms with Crippen LogP contribution in [-0.2, 0) is 13.6 Å². The van der Waals surface area contributed by atoms with Gasteiger partial charge in [0.2, 0.25) is 0 Å². The molecule has 2 rings (SSSR count). The number of fused-ring (bicyclic) bond motifs is 1. The van der Waals surface area contributed by atoms with Crippen molar-refractivity contribution in [3.05, 3.63) is 16.6 Å². The van der Waals surface area contributed by atoms with Crippen molar-refractivity contribution in [3.8, 4) is 0 Å². The molecule has 0 fully saturated rings. The van der Waals surface area contributed by atoms with Crippen LogP contribution in [-0.4, -0.2) is 30.1 Å². The van der Waals surface area contributed by atoms with Gasteiger partial charge in [-0.2, -0.15) is 5.10 Å². The van der Waals surface area contributed by atoms with E-state index in [1.54, 1.807) is 17.9 Å². The summed E-state index contributed by atoms with van der Waals surface area (Å²) in [6, 6.07) is 0. The molecule has 2 heterocycles. The minimum absolute atomic E-state index is 0.109. The second-order valence-corrected chi connectivity index (χ2v) is 4.67. The quantitative estimate of drug-likeness (QED) is 0.612. The molecule has 6 nitrogen and oxygen atoms in total. The Kier molecular flexibility index (Phi) is 3.88. The highest BCUT2D eigenvalue weighted by Gasteiger charge is 2.08. The normalized spacial score (nSPS) is 11.2. The monoisotopic (exact) mass is 299 g/mol. The number of rotatable bonds is 5. The minimum Gasteiger partial charge on any atom is -0.267 e. The van der Waals surface area contributed by atoms with Crippen LogP contribution in [0.15, 0.2) is 11.0 Å². The molecule has 92 valence electrons. The summed E-state index contributed by atoms with van der Waals surface area (Å²) in [6.07, 6.45) is 4.66. The molecular formula is C10H14BrN5O. The molecule has 0 aliphatic carbocycles. The highest BCUT2D eigenvalue weighted by molar-refractivity contribution is 9.09. The Bertz CT molecular complexity index is 561. The summed E-state index contributed by atoms with van der Waals surface area (Å²) < 4.78 is 2.97. The first-order valence-corrected chi connectivity index (χ1v) is 6.67. The Hall–Kier alpha value is -1.24. The third kappa shape index (κ3) is 2.54. The van der Waals surface area contributed by atoms with Crippen LogP contribution in [0.2, 0.25) is 0 Å². The zero-order valence-electron chi connectivity index (χ0n) is 9.64. The first-order chi connectivity index (χ1) is 8.24. The maximum atomic E-state index is 12.0. The van der Waals surface area contributed by atoms with Crippen molar-refractivity contribution < 1.29 is 0 Å². The summed E-state index contributed by atoms with van der Waals surface area (Å²) in [5, 5.41) is 13.5. The Balaban J connectivity index is 2.18. The predicted molar refractivity (Wildman–Crippen MR) is 68.2 cm³/mol. The fraction of sp³-hybridized carbons (Fsp3) is 0.600. The first-order valence-electron chi connectivity index (χ1n) is 5.55. The van der Waals surface area contributed by atoms with Crippen LogP contribution < -0.4 is 5.56 Å². The van der Waals surface area contributed by atoms with E-state index in [2.05, 4.69) is 31.3 Å². The smallest absolute Gasteiger partial charge is 0.267 e. The molecule has 0 spiro atoms. The van der Waals surface area contributed by atoms with Gasteiger partial charge in [-0.05, 0) is 12.8 Å². The van der Waals surface area contributed by atoms with Gasteiger partial charge in [-0.15, -0.1) is 5.10 Å². The van der Waals surface area contributed by atoms with E-state index in [1.807, 2.05) is 0 Å². The fourth-order valence-corrected chi connectivity index (χ4v) is 2.05. The number of aromatic nitrogens is 5. The van der Waals surface area contributed by atoms with Crippen molar-refractivity contribution in [2.24, 2.45) is 7.05 Å². The molecule has 2 aromatic heterocycles. The van der Waals surface area contributed by atoms with Crippen molar-refractivity contribution in [1.29, 1.82) is 0 Å². The average molecular weight is 300 g/mol. The molecule has 0 amide bonds. The topological polar surface area (TPSA) is 65.6 Å². The van der Waals surface area contributed by atoms with Crippen LogP contribution in [0.3, 0.4) is 0 Å². The summed E-state index contributed by atoms with van der Waals surface area (Å²) in [6.45, 7) is 0.615. The molecule has 0 saturated heterocycles. The van der Waals surface area contributed by atoms with E-state index in [9.17, 15) is 4.79 Å². The predicted octanol–water partition coefficient (Wildman–Crippen LogP) is 1.09. The fourth-order valence-electron chi connectivity index (χ4n) is 1.66. The van der Waals surface area contributed by atoms with E-state index in [1.165, 1.54) is 4.68 Å². The molecule has 0 atom stereocenters. The van der Waals surface area contributed by atoms with Gasteiger partial charge < -0.3 is 0 Å². The van der Waals surface area contributed by atoms with Crippen LogP contribution in [0.5, 0.6) is 0 Å². The van der Waals surface area contributed by atoms with Crippen LogP contribution in [0.4, 0.5) is 0 Å². The molecule has 0 bridgehead atoms. The van der Waals surface area contributed by atoms with Crippen LogP contribution in [0, 0.1) is 0 Å². The molecule has 2 aromatic rings. The molecule has 17 heavy (non-hydrogen) atoms. The number of aryl methyl sites for hydroxylation is 2. The maximum absolute atomic E-state index is 12.0. The van der Waals surface area contributed by atoms with E-state index in [4.69, 9.17) is 0 Å². The van der Waals surface area contributed by atoms with Crippen LogP contribution in [0.25, 0.3) is 11.0 Å². The zero-order chi connectivity index (χ0) is 12.3. The Morgan fingerprint density at radius 2 is 2.18 bits per heavy atom. The molecule has 0 unspecified atom stereocenters. The molecule has 0 N–H and O–H groups in total. The van der Waals surface area contributed by atoms with Gasteiger partial charge in [0, 0.05) is 18.9 Å². The van der Waals surface area contributed by atoms with Gasteiger partial charge in [-0.1, -0.05) is 27.6 Å². The number of hydrogen-bond donors (Lipinski definition) is 0. The zero-order valence-corrected chi connectivity index (χ0v) is 11.2. The van der Waals surface area contributed by atoms with Crippen molar-refractivity contribution in [1.82, 2.24) is 24.8 Å². The van der Waals surface area contributed by atoms with Crippen molar-refractivity contribution >= 4 is 27.0 Å². The molecule has 7 heteroatoms. The summed E-state index contributed by atoms with van der Waals surface area (Å²) in [7, 11) is 1.75. The van der Waals surface area contributed by atoms with Crippen LogP contribution in [0.1, 0.15) is 19.3 Å². The standard InChI is InChI=1S/C10H14BrN5O/c1-15-9-8(7-12-15)10(17)16(14-13-9)6-4-2-3-5-11/h7H,2-6H2,1H3. The van der Waals surface area contributed by atoms with Gasteiger partial charge in [0.05, 0.1) is 6.20 Å². The van der Waals surface area contributed by atoms with Gasteiger partial charge in [0.25, 0.3) is 5.56 Å². The molecule has 0 radical (unpaired) electrons. The number of alkyl halides is 1. The Morgan fingerprint density at radius 3 is 2.94 bits per heavy atom. The lowest BCUT2D eigenvalue weighted by Gasteiger charge is -2.02. The lowest BCUT2D eigenvalue weighted by molar-refractivity contribution is 0.508. The number of unbranched alkanes of at least 4 members (excludes halogenated alkanes) is 2. The second kappa shape index (κ2) is 5.39. The van der Waals surface area contributed by atoms with E-state index >= 15 is 0 Å². The average Bonchev–Trinajstić information content (AvgIpc) is 2.70. The third-order valence-electron chi connectivity index (χ3n) is 2.62. The molecule has 0 aliphatic rings. The summed E-state index contributed by atoms with van der Waals surface area (Å²) in [5.74, 6) is 0. The molecular weight excluding hydrogens is 286 g/mol. The number of nitrogens with zero attached hydrogens (tertiary/aromatic N) is 5. The lowest BCUT2D eigenvalue weighted by Crippen LogP contribution is -2.24. The minimum atomic E-state index is -0.109. The highest BCUT2D eigenvalue weighted by Crippen LogP contribution is 2.03. The van der Waals surface area contributed by atoms with Crippen molar-refractivity contribution in [2.75, 3.05) is 5.33 Å². The van der Waals surface area contributed by atoms with E-state index in [0.29, 0.717) is 17.6 Å². The summed E-state index contributed by atoms with van der Waals surface area (Å²) >= 11 is 3.38. The van der Waals surface area contributed by atoms with Gasteiger partial charge in [0.15, 0.2) is 5.65 Å². The van der Waals surface area contributed by atoms with E-state index < -0.39 is 0 Å². The van der Waals surface area contributed by atoms with Crippen molar-refractivity contribution in [3.63, 3.8) is 0 Å². The summed E-state index contributed by atoms with van der Waals surface area (Å²) in [4.78, 5) is 12.0. The SMILES string of the molecule is Cn1ncc2c(=O)n(CCCCCBr)nnc21.